The molecule has 0 aliphatic carbocycles. The topological polar surface area (TPSA) is 42.7 Å². The Bertz CT molecular complexity index is 520. The molecule has 1 aliphatic rings. The van der Waals surface area contributed by atoms with Crippen molar-refractivity contribution in [1.29, 1.82) is 0 Å². The van der Waals surface area contributed by atoms with Crippen molar-refractivity contribution in [2.45, 2.75) is 13.0 Å². The first-order valence-electron chi connectivity index (χ1n) is 5.27. The minimum atomic E-state index is -0.251. The van der Waals surface area contributed by atoms with Crippen LogP contribution in [0.5, 0.6) is 0 Å². The quantitative estimate of drug-likeness (QED) is 0.795. The lowest BCUT2D eigenvalue weighted by molar-refractivity contribution is 0.623. The molecule has 0 saturated heterocycles. The fourth-order valence-corrected chi connectivity index (χ4v) is 1.92. The highest BCUT2D eigenvalue weighted by atomic mass is 19.1. The number of hydrogen-bond acceptors (Lipinski definition) is 3. The van der Waals surface area contributed by atoms with Gasteiger partial charge in [0.1, 0.15) is 5.82 Å². The first-order chi connectivity index (χ1) is 7.84. The van der Waals surface area contributed by atoms with E-state index in [9.17, 15) is 4.39 Å². The van der Waals surface area contributed by atoms with Gasteiger partial charge in [0.2, 0.25) is 5.95 Å². The molecule has 4 nitrogen and oxygen atoms in total. The summed E-state index contributed by atoms with van der Waals surface area (Å²) in [6.07, 6.45) is 1.04. The Kier molecular flexibility index (Phi) is 2.09. The van der Waals surface area contributed by atoms with Crippen LogP contribution in [0.1, 0.15) is 6.42 Å². The fraction of sp³-hybridized carbons (Fsp3) is 0.273. The van der Waals surface area contributed by atoms with Gasteiger partial charge in [0.15, 0.2) is 5.82 Å². The normalized spacial score (nSPS) is 14.3. The molecule has 1 aromatic heterocycles. The lowest BCUT2D eigenvalue weighted by Crippen LogP contribution is -2.17. The Morgan fingerprint density at radius 1 is 1.31 bits per heavy atom. The molecular formula is C11H11FN4. The average Bonchev–Trinajstić information content (AvgIpc) is 2.72. The molecule has 0 amide bonds. The second-order valence-electron chi connectivity index (χ2n) is 3.79. The molecule has 1 aromatic carbocycles. The number of anilines is 1. The van der Waals surface area contributed by atoms with Gasteiger partial charge in [0.25, 0.3) is 0 Å². The predicted octanol–water partition coefficient (Wildman–Crippen LogP) is 1.90. The zero-order valence-electron chi connectivity index (χ0n) is 8.65. The Labute approximate surface area is 92.1 Å². The van der Waals surface area contributed by atoms with Crippen LogP contribution in [0.25, 0.3) is 11.4 Å². The van der Waals surface area contributed by atoms with E-state index in [2.05, 4.69) is 15.5 Å². The molecule has 2 heterocycles. The van der Waals surface area contributed by atoms with Crippen LogP contribution < -0.4 is 5.32 Å². The molecule has 5 heteroatoms. The first kappa shape index (κ1) is 9.33. The number of nitrogens with zero attached hydrogens (tertiary/aromatic N) is 3. The van der Waals surface area contributed by atoms with Crippen LogP contribution in [-0.2, 0) is 6.54 Å². The summed E-state index contributed by atoms with van der Waals surface area (Å²) in [5.74, 6) is 1.24. The predicted molar refractivity (Wildman–Crippen MR) is 58.5 cm³/mol. The van der Waals surface area contributed by atoms with E-state index in [1.54, 1.807) is 6.07 Å². The molecule has 1 aliphatic heterocycles. The van der Waals surface area contributed by atoms with Gasteiger partial charge in [0.05, 0.1) is 0 Å². The lowest BCUT2D eigenvalue weighted by atomic mass is 10.2. The van der Waals surface area contributed by atoms with Crippen molar-refractivity contribution in [2.75, 3.05) is 11.9 Å². The molecule has 0 bridgehead atoms. The second-order valence-corrected chi connectivity index (χ2v) is 3.79. The highest BCUT2D eigenvalue weighted by molar-refractivity contribution is 5.57. The van der Waals surface area contributed by atoms with Crippen molar-refractivity contribution in [2.24, 2.45) is 0 Å². The molecule has 0 atom stereocenters. The van der Waals surface area contributed by atoms with Crippen molar-refractivity contribution in [3.63, 3.8) is 0 Å². The van der Waals surface area contributed by atoms with E-state index >= 15 is 0 Å². The summed E-state index contributed by atoms with van der Waals surface area (Å²) < 4.78 is 15.1. The Morgan fingerprint density at radius 2 is 2.25 bits per heavy atom. The SMILES string of the molecule is Fc1cccc(-c2nnc3n2CCCN3)c1. The van der Waals surface area contributed by atoms with Crippen molar-refractivity contribution in [3.8, 4) is 11.4 Å². The van der Waals surface area contributed by atoms with Gasteiger partial charge < -0.3 is 5.32 Å². The third-order valence-electron chi connectivity index (χ3n) is 2.68. The summed E-state index contributed by atoms with van der Waals surface area (Å²) >= 11 is 0. The number of hydrogen-bond donors (Lipinski definition) is 1. The minimum absolute atomic E-state index is 0.251. The molecule has 0 saturated carbocycles. The van der Waals surface area contributed by atoms with E-state index < -0.39 is 0 Å². The monoisotopic (exact) mass is 218 g/mol. The zero-order chi connectivity index (χ0) is 11.0. The summed E-state index contributed by atoms with van der Waals surface area (Å²) in [5, 5.41) is 11.3. The van der Waals surface area contributed by atoms with Gasteiger partial charge in [0, 0.05) is 18.7 Å². The van der Waals surface area contributed by atoms with Crippen LogP contribution >= 0.6 is 0 Å². The van der Waals surface area contributed by atoms with Gasteiger partial charge in [-0.3, -0.25) is 4.57 Å². The molecule has 2 aromatic rings. The summed E-state index contributed by atoms with van der Waals surface area (Å²) in [4.78, 5) is 0. The second kappa shape index (κ2) is 3.59. The number of nitrogens with one attached hydrogen (secondary N) is 1. The lowest BCUT2D eigenvalue weighted by Gasteiger charge is -2.16. The maximum absolute atomic E-state index is 13.1. The number of benzene rings is 1. The maximum atomic E-state index is 13.1. The third-order valence-corrected chi connectivity index (χ3v) is 2.68. The standard InChI is InChI=1S/C11H11FN4/c12-9-4-1-3-8(7-9)10-14-15-11-13-5-2-6-16(10)11/h1,3-4,7H,2,5-6H2,(H,13,15). The zero-order valence-corrected chi connectivity index (χ0v) is 8.65. The molecular weight excluding hydrogens is 207 g/mol. The van der Waals surface area contributed by atoms with E-state index in [0.717, 1.165) is 36.8 Å². The number of halogens is 1. The van der Waals surface area contributed by atoms with E-state index in [-0.39, 0.29) is 5.82 Å². The van der Waals surface area contributed by atoms with Crippen LogP contribution in [0.3, 0.4) is 0 Å². The van der Waals surface area contributed by atoms with Gasteiger partial charge in [-0.05, 0) is 18.6 Å². The largest absolute Gasteiger partial charge is 0.354 e. The third kappa shape index (κ3) is 1.44. The Balaban J connectivity index is 2.09. The van der Waals surface area contributed by atoms with E-state index in [0.29, 0.717) is 0 Å². The maximum Gasteiger partial charge on any atom is 0.224 e. The Hall–Kier alpha value is -1.91. The molecule has 0 fully saturated rings. The van der Waals surface area contributed by atoms with Gasteiger partial charge in [-0.25, -0.2) is 4.39 Å². The van der Waals surface area contributed by atoms with Gasteiger partial charge >= 0.3 is 0 Å². The summed E-state index contributed by atoms with van der Waals surface area (Å²) in [5.41, 5.74) is 0.766. The van der Waals surface area contributed by atoms with Gasteiger partial charge in [-0.1, -0.05) is 12.1 Å². The Morgan fingerprint density at radius 3 is 3.12 bits per heavy atom. The van der Waals surface area contributed by atoms with E-state index in [4.69, 9.17) is 0 Å². The summed E-state index contributed by atoms with van der Waals surface area (Å²) in [7, 11) is 0. The molecule has 3 rings (SSSR count). The molecule has 16 heavy (non-hydrogen) atoms. The van der Waals surface area contributed by atoms with Crippen molar-refractivity contribution in [1.82, 2.24) is 14.8 Å². The van der Waals surface area contributed by atoms with Crippen molar-refractivity contribution < 1.29 is 4.39 Å². The molecule has 82 valence electrons. The van der Waals surface area contributed by atoms with Gasteiger partial charge in [-0.2, -0.15) is 0 Å². The summed E-state index contributed by atoms with van der Waals surface area (Å²) in [6.45, 7) is 1.79. The van der Waals surface area contributed by atoms with Gasteiger partial charge in [-0.15, -0.1) is 10.2 Å². The molecule has 0 radical (unpaired) electrons. The number of aromatic nitrogens is 3. The minimum Gasteiger partial charge on any atom is -0.354 e. The van der Waals surface area contributed by atoms with Crippen molar-refractivity contribution >= 4 is 5.95 Å². The van der Waals surface area contributed by atoms with E-state index in [1.807, 2.05) is 10.6 Å². The first-order valence-corrected chi connectivity index (χ1v) is 5.27. The van der Waals surface area contributed by atoms with E-state index in [1.165, 1.54) is 12.1 Å². The van der Waals surface area contributed by atoms with Crippen LogP contribution in [-0.4, -0.2) is 21.3 Å². The van der Waals surface area contributed by atoms with Crippen molar-refractivity contribution in [3.05, 3.63) is 30.1 Å². The van der Waals surface area contributed by atoms with Crippen LogP contribution in [0, 0.1) is 5.82 Å². The number of rotatable bonds is 1. The molecule has 0 unspecified atom stereocenters. The number of fused-ring (bicyclic) bond motifs is 1. The van der Waals surface area contributed by atoms with Crippen LogP contribution in [0.2, 0.25) is 0 Å². The highest BCUT2D eigenvalue weighted by Gasteiger charge is 2.16. The molecule has 1 N–H and O–H groups in total. The fourth-order valence-electron chi connectivity index (χ4n) is 1.92. The smallest absolute Gasteiger partial charge is 0.224 e. The summed E-state index contributed by atoms with van der Waals surface area (Å²) in [6, 6.07) is 6.43. The van der Waals surface area contributed by atoms with Crippen LogP contribution in [0.4, 0.5) is 10.3 Å². The van der Waals surface area contributed by atoms with Crippen LogP contribution in [0.15, 0.2) is 24.3 Å². The highest BCUT2D eigenvalue weighted by Crippen LogP contribution is 2.23. The molecule has 0 spiro atoms. The average molecular weight is 218 g/mol.